The summed E-state index contributed by atoms with van der Waals surface area (Å²) in [6.07, 6.45) is -4.51. The Morgan fingerprint density at radius 3 is 2.30 bits per heavy atom. The van der Waals surface area contributed by atoms with E-state index in [1.54, 1.807) is 6.92 Å². The van der Waals surface area contributed by atoms with E-state index in [1.165, 1.54) is 26.1 Å². The summed E-state index contributed by atoms with van der Waals surface area (Å²) in [5.41, 5.74) is -1.04. The molecule has 2 aromatic rings. The summed E-state index contributed by atoms with van der Waals surface area (Å²) < 4.78 is 40.3. The maximum absolute atomic E-state index is 13.0. The van der Waals surface area contributed by atoms with Crippen molar-refractivity contribution in [2.24, 2.45) is 7.05 Å². The maximum Gasteiger partial charge on any atom is 0.416 e. The van der Waals surface area contributed by atoms with Gasteiger partial charge in [0.25, 0.3) is 5.56 Å². The molecule has 1 N–H and O–H groups in total. The van der Waals surface area contributed by atoms with Crippen molar-refractivity contribution in [1.82, 2.24) is 4.57 Å². The van der Waals surface area contributed by atoms with Crippen molar-refractivity contribution in [3.63, 3.8) is 0 Å². The molecule has 2 rings (SSSR count). The van der Waals surface area contributed by atoms with Crippen LogP contribution in [0, 0.1) is 13.8 Å². The van der Waals surface area contributed by atoms with E-state index in [1.807, 2.05) is 0 Å². The number of nitrogens with zero attached hydrogens (tertiary/aromatic N) is 1. The number of hydrogen-bond donors (Lipinski definition) is 1. The third-order valence-electron chi connectivity index (χ3n) is 3.80. The third-order valence-corrected chi connectivity index (χ3v) is 3.80. The van der Waals surface area contributed by atoms with Gasteiger partial charge in [-0.05, 0) is 37.1 Å². The number of carboxylic acids is 1. The van der Waals surface area contributed by atoms with E-state index in [2.05, 4.69) is 0 Å². The first-order valence-electron chi connectivity index (χ1n) is 6.66. The van der Waals surface area contributed by atoms with Gasteiger partial charge in [0.1, 0.15) is 5.56 Å². The average molecular weight is 325 g/mol. The number of rotatable bonds is 2. The van der Waals surface area contributed by atoms with Gasteiger partial charge in [0.15, 0.2) is 0 Å². The molecule has 0 aliphatic heterocycles. The summed E-state index contributed by atoms with van der Waals surface area (Å²) >= 11 is 0. The molecule has 0 aliphatic carbocycles. The predicted molar refractivity (Wildman–Crippen MR) is 78.6 cm³/mol. The van der Waals surface area contributed by atoms with Gasteiger partial charge < -0.3 is 9.67 Å². The summed E-state index contributed by atoms with van der Waals surface area (Å²) in [4.78, 5) is 23.1. The Hall–Kier alpha value is -2.57. The number of benzene rings is 1. The second kappa shape index (κ2) is 5.57. The largest absolute Gasteiger partial charge is 0.477 e. The van der Waals surface area contributed by atoms with Crippen LogP contribution < -0.4 is 5.56 Å². The molecule has 0 bridgehead atoms. The fourth-order valence-corrected chi connectivity index (χ4v) is 2.36. The van der Waals surface area contributed by atoms with E-state index in [0.717, 1.165) is 16.7 Å². The monoisotopic (exact) mass is 325 g/mol. The van der Waals surface area contributed by atoms with E-state index in [-0.39, 0.29) is 16.7 Å². The SMILES string of the molecule is Cc1ccc(-c2cc(C(=O)O)c(=O)n(C)c2C)cc1C(F)(F)F. The number of carboxylic acid groups (broad SMARTS) is 1. The van der Waals surface area contributed by atoms with Crippen LogP contribution in [-0.4, -0.2) is 15.6 Å². The van der Waals surface area contributed by atoms with Crippen molar-refractivity contribution in [1.29, 1.82) is 0 Å². The number of alkyl halides is 3. The van der Waals surface area contributed by atoms with Crippen LogP contribution in [0.4, 0.5) is 13.2 Å². The molecule has 1 heterocycles. The first-order chi connectivity index (χ1) is 10.5. The minimum Gasteiger partial charge on any atom is -0.477 e. The van der Waals surface area contributed by atoms with Crippen molar-refractivity contribution in [3.8, 4) is 11.1 Å². The highest BCUT2D eigenvalue weighted by Crippen LogP contribution is 2.35. The standard InChI is InChI=1S/C16H14F3NO3/c1-8-4-5-10(6-13(8)16(17,18)19)11-7-12(15(22)23)14(21)20(3)9(11)2/h4-7H,1-3H3,(H,22,23). The Kier molecular flexibility index (Phi) is 4.07. The van der Waals surface area contributed by atoms with Gasteiger partial charge in [0.2, 0.25) is 0 Å². The molecule has 0 unspecified atom stereocenters. The molecule has 23 heavy (non-hydrogen) atoms. The molecule has 0 saturated heterocycles. The molecule has 0 spiro atoms. The van der Waals surface area contributed by atoms with Gasteiger partial charge in [0.05, 0.1) is 5.56 Å². The molecule has 0 fully saturated rings. The molecule has 1 aromatic heterocycles. The van der Waals surface area contributed by atoms with Gasteiger partial charge in [-0.15, -0.1) is 0 Å². The van der Waals surface area contributed by atoms with Crippen LogP contribution >= 0.6 is 0 Å². The van der Waals surface area contributed by atoms with Crippen molar-refractivity contribution < 1.29 is 23.1 Å². The quantitative estimate of drug-likeness (QED) is 0.921. The first-order valence-corrected chi connectivity index (χ1v) is 6.66. The van der Waals surface area contributed by atoms with Gasteiger partial charge in [0, 0.05) is 18.3 Å². The van der Waals surface area contributed by atoms with Crippen LogP contribution in [0.5, 0.6) is 0 Å². The number of pyridine rings is 1. The minimum atomic E-state index is -4.51. The highest BCUT2D eigenvalue weighted by atomic mass is 19.4. The second-order valence-corrected chi connectivity index (χ2v) is 5.25. The van der Waals surface area contributed by atoms with Crippen molar-refractivity contribution >= 4 is 5.97 Å². The maximum atomic E-state index is 13.0. The lowest BCUT2D eigenvalue weighted by Crippen LogP contribution is -2.26. The van der Waals surface area contributed by atoms with Crippen molar-refractivity contribution in [3.05, 3.63) is 57.0 Å². The Bertz CT molecular complexity index is 851. The number of halogens is 3. The predicted octanol–water partition coefficient (Wildman–Crippen LogP) is 3.39. The number of hydrogen-bond acceptors (Lipinski definition) is 2. The van der Waals surface area contributed by atoms with Crippen LogP contribution in [0.15, 0.2) is 29.1 Å². The van der Waals surface area contributed by atoms with E-state index in [9.17, 15) is 22.8 Å². The van der Waals surface area contributed by atoms with Crippen molar-refractivity contribution in [2.45, 2.75) is 20.0 Å². The minimum absolute atomic E-state index is 0.0715. The fraction of sp³-hybridized carbons (Fsp3) is 0.250. The Morgan fingerprint density at radius 2 is 1.78 bits per heavy atom. The van der Waals surface area contributed by atoms with Crippen LogP contribution in [0.3, 0.4) is 0 Å². The zero-order chi connectivity index (χ0) is 17.5. The molecule has 7 heteroatoms. The lowest BCUT2D eigenvalue weighted by atomic mass is 9.97. The van der Waals surface area contributed by atoms with Gasteiger partial charge >= 0.3 is 12.1 Å². The summed E-state index contributed by atoms with van der Waals surface area (Å²) in [7, 11) is 1.38. The highest BCUT2D eigenvalue weighted by molar-refractivity contribution is 5.89. The van der Waals surface area contributed by atoms with E-state index >= 15 is 0 Å². The zero-order valence-electron chi connectivity index (χ0n) is 12.7. The van der Waals surface area contributed by atoms with Gasteiger partial charge in [-0.2, -0.15) is 13.2 Å². The second-order valence-electron chi connectivity index (χ2n) is 5.25. The van der Waals surface area contributed by atoms with Crippen LogP contribution in [0.1, 0.15) is 27.2 Å². The van der Waals surface area contributed by atoms with Crippen LogP contribution in [0.25, 0.3) is 11.1 Å². The van der Waals surface area contributed by atoms with Gasteiger partial charge in [-0.25, -0.2) is 4.79 Å². The normalized spacial score (nSPS) is 11.6. The topological polar surface area (TPSA) is 59.3 Å². The third kappa shape index (κ3) is 2.99. The fourth-order valence-electron chi connectivity index (χ4n) is 2.36. The number of aromatic nitrogens is 1. The molecular weight excluding hydrogens is 311 g/mol. The first kappa shape index (κ1) is 16.8. The Morgan fingerprint density at radius 1 is 1.17 bits per heavy atom. The summed E-state index contributed by atoms with van der Waals surface area (Å²) in [5, 5.41) is 9.09. The van der Waals surface area contributed by atoms with Crippen molar-refractivity contribution in [2.75, 3.05) is 0 Å². The molecule has 0 aliphatic rings. The Labute approximate surface area is 129 Å². The van der Waals surface area contributed by atoms with E-state index < -0.39 is 28.8 Å². The van der Waals surface area contributed by atoms with Gasteiger partial charge in [-0.3, -0.25) is 4.79 Å². The summed E-state index contributed by atoms with van der Waals surface area (Å²) in [6, 6.07) is 4.88. The summed E-state index contributed by atoms with van der Waals surface area (Å²) in [6.45, 7) is 2.90. The number of aromatic carboxylic acids is 1. The molecule has 0 radical (unpaired) electrons. The molecule has 4 nitrogen and oxygen atoms in total. The molecule has 1 aromatic carbocycles. The average Bonchev–Trinajstić information content (AvgIpc) is 2.44. The van der Waals surface area contributed by atoms with E-state index in [0.29, 0.717) is 5.69 Å². The lowest BCUT2D eigenvalue weighted by Gasteiger charge is -2.15. The molecular formula is C16H14F3NO3. The number of aryl methyl sites for hydroxylation is 1. The van der Waals surface area contributed by atoms with Crippen LogP contribution in [0.2, 0.25) is 0 Å². The molecule has 122 valence electrons. The van der Waals surface area contributed by atoms with Crippen LogP contribution in [-0.2, 0) is 13.2 Å². The summed E-state index contributed by atoms with van der Waals surface area (Å²) in [5.74, 6) is -1.42. The highest BCUT2D eigenvalue weighted by Gasteiger charge is 2.32. The zero-order valence-corrected chi connectivity index (χ0v) is 12.7. The number of carbonyl (C=O) groups is 1. The molecule has 0 amide bonds. The van der Waals surface area contributed by atoms with Gasteiger partial charge in [-0.1, -0.05) is 12.1 Å². The Balaban J connectivity index is 2.78. The molecule has 0 atom stereocenters. The smallest absolute Gasteiger partial charge is 0.416 e. The van der Waals surface area contributed by atoms with E-state index in [4.69, 9.17) is 5.11 Å². The lowest BCUT2D eigenvalue weighted by molar-refractivity contribution is -0.138. The molecule has 0 saturated carbocycles.